The minimum Gasteiger partial charge on any atom is -0.370 e. The summed E-state index contributed by atoms with van der Waals surface area (Å²) in [5.74, 6) is -0.211. The van der Waals surface area contributed by atoms with E-state index in [9.17, 15) is 4.39 Å². The number of hydrogen-bond donors (Lipinski definition) is 0. The van der Waals surface area contributed by atoms with Gasteiger partial charge in [0.1, 0.15) is 5.82 Å². The van der Waals surface area contributed by atoms with Crippen LogP contribution in [0.5, 0.6) is 0 Å². The van der Waals surface area contributed by atoms with Crippen molar-refractivity contribution in [2.75, 3.05) is 18.5 Å². The number of nitrogens with zero attached hydrogens (tertiary/aromatic N) is 3. The minimum atomic E-state index is -0.211. The Kier molecular flexibility index (Phi) is 11.9. The van der Waals surface area contributed by atoms with Crippen molar-refractivity contribution in [3.8, 4) is 0 Å². The molecule has 2 aromatic heterocycles. The summed E-state index contributed by atoms with van der Waals surface area (Å²) in [6.07, 6.45) is 7.98. The van der Waals surface area contributed by atoms with Gasteiger partial charge in [-0.2, -0.15) is 0 Å². The molecule has 0 bridgehead atoms. The van der Waals surface area contributed by atoms with Crippen LogP contribution in [-0.4, -0.2) is 23.6 Å². The van der Waals surface area contributed by atoms with Crippen LogP contribution in [0.3, 0.4) is 0 Å². The van der Waals surface area contributed by atoms with E-state index in [1.54, 1.807) is 12.3 Å². The maximum atomic E-state index is 13.7. The second-order valence-corrected chi connectivity index (χ2v) is 11.8. The number of likely N-dealkylation sites (N-methyl/N-ethyl adjacent to an activating group) is 1. The maximum absolute atomic E-state index is 13.7. The number of fused-ring (bicyclic) bond motifs is 9. The van der Waals surface area contributed by atoms with E-state index in [0.717, 1.165) is 28.4 Å². The zero-order valence-electron chi connectivity index (χ0n) is 30.2. The molecule has 0 amide bonds. The molecular formula is C46H46FN3. The molecule has 8 aromatic rings. The fraction of sp³-hybridized carbons (Fsp3) is 0.174. The fourth-order valence-corrected chi connectivity index (χ4v) is 6.49. The quantitative estimate of drug-likeness (QED) is 0.152. The molecule has 0 spiro atoms. The molecule has 4 heteroatoms. The number of halogens is 1. The van der Waals surface area contributed by atoms with Gasteiger partial charge in [-0.1, -0.05) is 137 Å². The first-order chi connectivity index (χ1) is 24.5. The molecule has 6 aromatic carbocycles. The van der Waals surface area contributed by atoms with Crippen molar-refractivity contribution in [3.05, 3.63) is 156 Å². The lowest BCUT2D eigenvalue weighted by molar-refractivity contribution is 0.640. The number of pyridine rings is 2. The first-order valence-electron chi connectivity index (χ1n) is 17.5. The molecule has 0 radical (unpaired) electrons. The predicted molar refractivity (Wildman–Crippen MR) is 217 cm³/mol. The van der Waals surface area contributed by atoms with Gasteiger partial charge >= 0.3 is 0 Å². The van der Waals surface area contributed by atoms with Crippen molar-refractivity contribution in [1.29, 1.82) is 0 Å². The highest BCUT2D eigenvalue weighted by atomic mass is 19.1. The summed E-state index contributed by atoms with van der Waals surface area (Å²) in [6, 6.07) is 38.4. The lowest BCUT2D eigenvalue weighted by atomic mass is 9.97. The van der Waals surface area contributed by atoms with Crippen LogP contribution in [0, 0.1) is 19.7 Å². The molecule has 3 heterocycles. The molecule has 0 aliphatic carbocycles. The van der Waals surface area contributed by atoms with Crippen molar-refractivity contribution in [2.24, 2.45) is 0 Å². The van der Waals surface area contributed by atoms with E-state index in [1.807, 2.05) is 70.3 Å². The Morgan fingerprint density at radius 1 is 0.520 bits per heavy atom. The molecule has 50 heavy (non-hydrogen) atoms. The molecular weight excluding hydrogens is 614 g/mol. The van der Waals surface area contributed by atoms with Gasteiger partial charge in [-0.05, 0) is 64.9 Å². The Bertz CT molecular complexity index is 2290. The molecule has 3 nitrogen and oxygen atoms in total. The summed E-state index contributed by atoms with van der Waals surface area (Å²) in [5, 5.41) is 8.94. The first-order valence-corrected chi connectivity index (χ1v) is 17.5. The smallest absolute Gasteiger partial charge is 0.133 e. The average Bonchev–Trinajstić information content (AvgIpc) is 3.17. The Balaban J connectivity index is 0.000000139. The van der Waals surface area contributed by atoms with Gasteiger partial charge in [0.05, 0.1) is 16.7 Å². The van der Waals surface area contributed by atoms with Crippen LogP contribution in [0.25, 0.3) is 60.2 Å². The third-order valence-corrected chi connectivity index (χ3v) is 8.70. The maximum Gasteiger partial charge on any atom is 0.133 e. The summed E-state index contributed by atoms with van der Waals surface area (Å²) >= 11 is 0. The van der Waals surface area contributed by atoms with Crippen LogP contribution in [0.4, 0.5) is 10.1 Å². The minimum absolute atomic E-state index is 0.211. The first kappa shape index (κ1) is 35.7. The topological polar surface area (TPSA) is 29.0 Å². The predicted octanol–water partition coefficient (Wildman–Crippen LogP) is 12.9. The van der Waals surface area contributed by atoms with Crippen molar-refractivity contribution >= 4 is 65.9 Å². The molecule has 0 unspecified atom stereocenters. The zero-order valence-corrected chi connectivity index (χ0v) is 30.2. The van der Waals surface area contributed by atoms with Gasteiger partial charge in [0, 0.05) is 52.9 Å². The number of rotatable bonds is 0. The van der Waals surface area contributed by atoms with Gasteiger partial charge in [-0.3, -0.25) is 9.97 Å². The number of hydrogen-bond acceptors (Lipinski definition) is 3. The van der Waals surface area contributed by atoms with E-state index in [1.165, 1.54) is 55.4 Å². The number of aromatic nitrogens is 2. The Morgan fingerprint density at radius 2 is 0.980 bits per heavy atom. The number of anilines is 1. The van der Waals surface area contributed by atoms with Crippen LogP contribution >= 0.6 is 0 Å². The molecule has 0 atom stereocenters. The van der Waals surface area contributed by atoms with Crippen LogP contribution in [0.2, 0.25) is 0 Å². The fourth-order valence-electron chi connectivity index (χ4n) is 6.49. The van der Waals surface area contributed by atoms with Crippen LogP contribution in [0.1, 0.15) is 44.4 Å². The van der Waals surface area contributed by atoms with Crippen LogP contribution < -0.4 is 4.90 Å². The van der Waals surface area contributed by atoms with E-state index in [0.29, 0.717) is 5.39 Å². The van der Waals surface area contributed by atoms with E-state index in [-0.39, 0.29) is 5.82 Å². The van der Waals surface area contributed by atoms with E-state index in [4.69, 9.17) is 0 Å². The average molecular weight is 660 g/mol. The lowest BCUT2D eigenvalue weighted by Gasteiger charge is -2.26. The van der Waals surface area contributed by atoms with E-state index in [2.05, 4.69) is 115 Å². The molecule has 9 rings (SSSR count). The Labute approximate surface area is 295 Å². The largest absolute Gasteiger partial charge is 0.370 e. The third kappa shape index (κ3) is 7.35. The van der Waals surface area contributed by atoms with E-state index < -0.39 is 0 Å². The highest BCUT2D eigenvalue weighted by molar-refractivity contribution is 6.07. The van der Waals surface area contributed by atoms with Crippen molar-refractivity contribution in [1.82, 2.24) is 9.97 Å². The SMILES string of the molecule is CC.CC.Cc1cccc2ccc3c(c12)N(C)CC=C3.Cc1cccc2ccc3cccnc3c12.Fc1cccc2ccc3cccnc3c12. The molecule has 1 aliphatic heterocycles. The van der Waals surface area contributed by atoms with E-state index >= 15 is 0 Å². The molecule has 1 aliphatic rings. The summed E-state index contributed by atoms with van der Waals surface area (Å²) < 4.78 is 13.7. The van der Waals surface area contributed by atoms with Crippen LogP contribution in [0.15, 0.2) is 134 Å². The normalized spacial score (nSPS) is 11.4. The van der Waals surface area contributed by atoms with Crippen molar-refractivity contribution in [2.45, 2.75) is 41.5 Å². The van der Waals surface area contributed by atoms with Gasteiger partial charge in [0.25, 0.3) is 0 Å². The lowest BCUT2D eigenvalue weighted by Crippen LogP contribution is -2.20. The third-order valence-electron chi connectivity index (χ3n) is 8.70. The number of benzene rings is 6. The van der Waals surface area contributed by atoms with Crippen molar-refractivity contribution in [3.63, 3.8) is 0 Å². The van der Waals surface area contributed by atoms with Gasteiger partial charge in [-0.15, -0.1) is 0 Å². The van der Waals surface area contributed by atoms with Gasteiger partial charge in [0.15, 0.2) is 0 Å². The summed E-state index contributed by atoms with van der Waals surface area (Å²) in [5.41, 5.74) is 7.18. The highest BCUT2D eigenvalue weighted by Crippen LogP contribution is 2.35. The Morgan fingerprint density at radius 3 is 1.60 bits per heavy atom. The number of aryl methyl sites for hydroxylation is 2. The zero-order chi connectivity index (χ0) is 35.6. The molecule has 0 saturated heterocycles. The van der Waals surface area contributed by atoms with Gasteiger partial charge in [-0.25, -0.2) is 4.39 Å². The highest BCUT2D eigenvalue weighted by Gasteiger charge is 2.14. The van der Waals surface area contributed by atoms with Gasteiger partial charge < -0.3 is 4.90 Å². The monoisotopic (exact) mass is 659 g/mol. The van der Waals surface area contributed by atoms with Crippen LogP contribution in [-0.2, 0) is 0 Å². The summed E-state index contributed by atoms with van der Waals surface area (Å²) in [4.78, 5) is 11.0. The molecule has 0 fully saturated rings. The van der Waals surface area contributed by atoms with Gasteiger partial charge in [0.2, 0.25) is 0 Å². The molecule has 252 valence electrons. The molecule has 0 N–H and O–H groups in total. The van der Waals surface area contributed by atoms with Crippen molar-refractivity contribution < 1.29 is 4.39 Å². The molecule has 0 saturated carbocycles. The second-order valence-electron chi connectivity index (χ2n) is 11.8. The Hall–Kier alpha value is -5.61. The second kappa shape index (κ2) is 16.7. The summed E-state index contributed by atoms with van der Waals surface area (Å²) in [6.45, 7) is 13.3. The standard InChI is InChI=1S/C15H15N.C14H11N.C13H8FN.2C2H6/c1-11-5-3-6-12-8-9-13-7-4-10-16(2)15(13)14(11)12;1-10-4-2-5-11-7-8-12-6-3-9-15-14(12)13(10)11;14-11-5-1-3-9-6-7-10-4-2-8-15-13(10)12(9)11;2*1-2/h3-9H,10H2,1-2H3;2-9H,1H3;1-8H;2*1-2H3. The summed E-state index contributed by atoms with van der Waals surface area (Å²) in [7, 11) is 2.16.